The van der Waals surface area contributed by atoms with Gasteiger partial charge in [-0.15, -0.1) is 24.0 Å². The largest absolute Gasteiger partial charge is 0.370 e. The van der Waals surface area contributed by atoms with Gasteiger partial charge in [-0.25, -0.2) is 4.98 Å². The third-order valence-electron chi connectivity index (χ3n) is 2.70. The molecular weight excluding hydrogens is 359 g/mol. The summed E-state index contributed by atoms with van der Waals surface area (Å²) in [6.45, 7) is 0.818. The minimum Gasteiger partial charge on any atom is -0.370 e. The number of pyridine rings is 1. The molecule has 1 saturated heterocycles. The fraction of sp³-hybridized carbons (Fsp3) is 0.500. The predicted octanol–water partition coefficient (Wildman–Crippen LogP) is 2.57. The summed E-state index contributed by atoms with van der Waals surface area (Å²) in [7, 11) is 0. The monoisotopic (exact) mass is 378 g/mol. The maximum atomic E-state index is 5.81. The molecular formula is C12H19IN4S. The number of guanidine groups is 1. The van der Waals surface area contributed by atoms with Crippen LogP contribution in [-0.4, -0.2) is 29.0 Å². The lowest BCUT2D eigenvalue weighted by Gasteiger charge is -2.19. The number of aliphatic imine (C=N–C) groups is 1. The molecule has 1 unspecified atom stereocenters. The van der Waals surface area contributed by atoms with Gasteiger partial charge in [0, 0.05) is 12.7 Å². The number of aromatic nitrogens is 1. The van der Waals surface area contributed by atoms with E-state index in [1.165, 1.54) is 24.3 Å². The number of halogens is 1. The Morgan fingerprint density at radius 1 is 1.56 bits per heavy atom. The van der Waals surface area contributed by atoms with Gasteiger partial charge in [0.25, 0.3) is 0 Å². The molecule has 2 rings (SSSR count). The Bertz CT molecular complexity index is 366. The number of anilines is 1. The maximum absolute atomic E-state index is 5.81. The van der Waals surface area contributed by atoms with Gasteiger partial charge in [-0.05, 0) is 42.4 Å². The van der Waals surface area contributed by atoms with Crippen molar-refractivity contribution >= 4 is 47.5 Å². The van der Waals surface area contributed by atoms with Gasteiger partial charge in [-0.1, -0.05) is 6.07 Å². The van der Waals surface area contributed by atoms with Crippen molar-refractivity contribution in [3.05, 3.63) is 24.4 Å². The van der Waals surface area contributed by atoms with Crippen LogP contribution in [0.15, 0.2) is 29.4 Å². The Hall–Kier alpha value is -0.500. The number of nitrogens with two attached hydrogens (primary N) is 1. The molecule has 6 heteroatoms. The molecule has 1 atom stereocenters. The van der Waals surface area contributed by atoms with Crippen molar-refractivity contribution in [1.82, 2.24) is 4.98 Å². The van der Waals surface area contributed by atoms with Gasteiger partial charge in [-0.2, -0.15) is 11.8 Å². The van der Waals surface area contributed by atoms with Crippen molar-refractivity contribution in [3.8, 4) is 0 Å². The number of nitrogens with zero attached hydrogens (tertiary/aromatic N) is 2. The van der Waals surface area contributed by atoms with Crippen LogP contribution in [-0.2, 0) is 0 Å². The highest BCUT2D eigenvalue weighted by atomic mass is 127. The Balaban J connectivity index is 0.00000162. The van der Waals surface area contributed by atoms with E-state index < -0.39 is 0 Å². The second kappa shape index (κ2) is 8.58. The number of thioether (sulfide) groups is 1. The highest BCUT2D eigenvalue weighted by Crippen LogP contribution is 2.22. The first-order chi connectivity index (χ1) is 8.34. The molecule has 1 aliphatic rings. The van der Waals surface area contributed by atoms with Gasteiger partial charge in [0.05, 0.1) is 0 Å². The Labute approximate surface area is 129 Å². The molecule has 1 aromatic heterocycles. The van der Waals surface area contributed by atoms with Crippen LogP contribution in [0.4, 0.5) is 5.82 Å². The summed E-state index contributed by atoms with van der Waals surface area (Å²) in [5.41, 5.74) is 5.81. The Morgan fingerprint density at radius 2 is 2.44 bits per heavy atom. The lowest BCUT2D eigenvalue weighted by molar-refractivity contribution is 0.535. The van der Waals surface area contributed by atoms with Crippen LogP contribution in [0.2, 0.25) is 0 Å². The van der Waals surface area contributed by atoms with Gasteiger partial charge < -0.3 is 11.1 Å². The molecule has 1 fully saturated rings. The molecule has 100 valence electrons. The summed E-state index contributed by atoms with van der Waals surface area (Å²) in [4.78, 5) is 8.51. The molecule has 0 saturated carbocycles. The van der Waals surface area contributed by atoms with E-state index in [0.717, 1.165) is 12.4 Å². The standard InChI is InChI=1S/C12H18N4S.HI/c13-12(16-11-5-1-2-6-14-11)15-8-10-4-3-7-17-9-10;/h1-2,5-6,10H,3-4,7-9H2,(H3,13,14,15,16);1H. The van der Waals surface area contributed by atoms with E-state index in [1.54, 1.807) is 6.20 Å². The van der Waals surface area contributed by atoms with Crippen LogP contribution < -0.4 is 11.1 Å². The van der Waals surface area contributed by atoms with E-state index in [4.69, 9.17) is 5.73 Å². The summed E-state index contributed by atoms with van der Waals surface area (Å²) in [6.07, 6.45) is 4.30. The van der Waals surface area contributed by atoms with Gasteiger partial charge in [0.15, 0.2) is 5.96 Å². The summed E-state index contributed by atoms with van der Waals surface area (Å²) >= 11 is 2.02. The Morgan fingerprint density at radius 3 is 3.11 bits per heavy atom. The molecule has 1 aliphatic heterocycles. The smallest absolute Gasteiger partial charge is 0.194 e. The number of hydrogen-bond acceptors (Lipinski definition) is 3. The third kappa shape index (κ3) is 5.43. The first-order valence-electron chi connectivity index (χ1n) is 5.90. The van der Waals surface area contributed by atoms with E-state index in [2.05, 4.69) is 15.3 Å². The van der Waals surface area contributed by atoms with Crippen molar-refractivity contribution in [3.63, 3.8) is 0 Å². The summed E-state index contributed by atoms with van der Waals surface area (Å²) in [5, 5.41) is 2.99. The first-order valence-corrected chi connectivity index (χ1v) is 7.06. The zero-order valence-electron chi connectivity index (χ0n) is 10.2. The third-order valence-corrected chi connectivity index (χ3v) is 3.98. The lowest BCUT2D eigenvalue weighted by atomic mass is 10.1. The molecule has 0 aliphatic carbocycles. The molecule has 3 N–H and O–H groups in total. The molecule has 1 aromatic rings. The molecule has 0 spiro atoms. The second-order valence-electron chi connectivity index (χ2n) is 4.15. The number of nitrogens with one attached hydrogen (secondary N) is 1. The topological polar surface area (TPSA) is 63.3 Å². The van der Waals surface area contributed by atoms with Crippen LogP contribution in [0, 0.1) is 5.92 Å². The Kier molecular flexibility index (Phi) is 7.41. The molecule has 4 nitrogen and oxygen atoms in total. The average molecular weight is 378 g/mol. The van der Waals surface area contributed by atoms with Crippen LogP contribution in [0.5, 0.6) is 0 Å². The number of rotatable bonds is 3. The summed E-state index contributed by atoms with van der Waals surface area (Å²) in [6, 6.07) is 5.66. The predicted molar refractivity (Wildman–Crippen MR) is 89.8 cm³/mol. The van der Waals surface area contributed by atoms with E-state index in [9.17, 15) is 0 Å². The molecule has 0 radical (unpaired) electrons. The zero-order chi connectivity index (χ0) is 11.9. The fourth-order valence-corrected chi connectivity index (χ4v) is 2.93. The lowest BCUT2D eigenvalue weighted by Crippen LogP contribution is -2.25. The van der Waals surface area contributed by atoms with Crippen molar-refractivity contribution in [2.75, 3.05) is 23.4 Å². The van der Waals surface area contributed by atoms with Crippen LogP contribution in [0.1, 0.15) is 12.8 Å². The van der Waals surface area contributed by atoms with E-state index in [0.29, 0.717) is 11.9 Å². The first kappa shape index (κ1) is 15.6. The molecule has 2 heterocycles. The van der Waals surface area contributed by atoms with Crippen LogP contribution >= 0.6 is 35.7 Å². The summed E-state index contributed by atoms with van der Waals surface area (Å²) < 4.78 is 0. The van der Waals surface area contributed by atoms with E-state index in [1.807, 2.05) is 30.0 Å². The van der Waals surface area contributed by atoms with Crippen molar-refractivity contribution in [1.29, 1.82) is 0 Å². The average Bonchev–Trinajstić information content (AvgIpc) is 2.39. The zero-order valence-corrected chi connectivity index (χ0v) is 13.4. The number of hydrogen-bond donors (Lipinski definition) is 2. The van der Waals surface area contributed by atoms with Gasteiger partial charge in [0.2, 0.25) is 0 Å². The normalized spacial score (nSPS) is 20.0. The van der Waals surface area contributed by atoms with Crippen LogP contribution in [0.3, 0.4) is 0 Å². The van der Waals surface area contributed by atoms with Gasteiger partial charge in [-0.3, -0.25) is 4.99 Å². The SMILES string of the molecule is I.NC(=NCC1CCCSC1)Nc1ccccn1. The fourth-order valence-electron chi connectivity index (χ4n) is 1.79. The van der Waals surface area contributed by atoms with Crippen LogP contribution in [0.25, 0.3) is 0 Å². The molecule has 0 aromatic carbocycles. The minimum atomic E-state index is 0. The van der Waals surface area contributed by atoms with Crippen molar-refractivity contribution in [2.45, 2.75) is 12.8 Å². The van der Waals surface area contributed by atoms with Gasteiger partial charge >= 0.3 is 0 Å². The highest BCUT2D eigenvalue weighted by Gasteiger charge is 2.12. The van der Waals surface area contributed by atoms with E-state index in [-0.39, 0.29) is 24.0 Å². The quantitative estimate of drug-likeness (QED) is 0.482. The second-order valence-corrected chi connectivity index (χ2v) is 5.30. The molecule has 18 heavy (non-hydrogen) atoms. The van der Waals surface area contributed by atoms with Crippen molar-refractivity contribution in [2.24, 2.45) is 16.6 Å². The maximum Gasteiger partial charge on any atom is 0.194 e. The molecule has 0 amide bonds. The van der Waals surface area contributed by atoms with Gasteiger partial charge in [0.1, 0.15) is 5.82 Å². The van der Waals surface area contributed by atoms with Crippen molar-refractivity contribution < 1.29 is 0 Å². The molecule has 0 bridgehead atoms. The highest BCUT2D eigenvalue weighted by molar-refractivity contribution is 14.0. The van der Waals surface area contributed by atoms with E-state index >= 15 is 0 Å². The minimum absolute atomic E-state index is 0. The summed E-state index contributed by atoms with van der Waals surface area (Å²) in [5.74, 6) is 4.38.